The molecule has 0 spiro atoms. The molecule has 7 heteroatoms. The van der Waals surface area contributed by atoms with E-state index >= 15 is 0 Å². The van der Waals surface area contributed by atoms with Gasteiger partial charge in [0.1, 0.15) is 12.4 Å². The van der Waals surface area contributed by atoms with Crippen molar-refractivity contribution in [2.24, 2.45) is 16.8 Å². The van der Waals surface area contributed by atoms with Crippen LogP contribution in [0.3, 0.4) is 0 Å². The predicted molar refractivity (Wildman–Crippen MR) is 101 cm³/mol. The van der Waals surface area contributed by atoms with Crippen molar-refractivity contribution in [2.75, 3.05) is 14.2 Å². The third-order valence-corrected chi connectivity index (χ3v) is 6.16. The molecule has 0 aromatic carbocycles. The maximum Gasteiger partial charge on any atom is 0.191 e. The van der Waals surface area contributed by atoms with Gasteiger partial charge < -0.3 is 15.4 Å². The van der Waals surface area contributed by atoms with Crippen molar-refractivity contribution in [3.8, 4) is 0 Å². The van der Waals surface area contributed by atoms with Crippen LogP contribution in [0.5, 0.6) is 0 Å². The van der Waals surface area contributed by atoms with E-state index in [0.717, 1.165) is 48.8 Å². The Labute approximate surface area is 156 Å². The van der Waals surface area contributed by atoms with E-state index in [-0.39, 0.29) is 0 Å². The molecule has 7 nitrogen and oxygen atoms in total. The van der Waals surface area contributed by atoms with Gasteiger partial charge in [0, 0.05) is 32.7 Å². The summed E-state index contributed by atoms with van der Waals surface area (Å²) in [5, 5.41) is 11.8. The van der Waals surface area contributed by atoms with E-state index in [9.17, 15) is 0 Å². The molecule has 2 fully saturated rings. The Morgan fingerprint density at radius 3 is 2.85 bits per heavy atom. The molecule has 0 saturated heterocycles. The average Bonchev–Trinajstić information content (AvgIpc) is 3.32. The summed E-state index contributed by atoms with van der Waals surface area (Å²) in [5.41, 5.74) is 0. The second kappa shape index (κ2) is 7.94. The van der Waals surface area contributed by atoms with Gasteiger partial charge in [0.15, 0.2) is 11.8 Å². The number of ether oxygens (including phenoxy) is 1. The number of rotatable bonds is 5. The minimum Gasteiger partial charge on any atom is -0.377 e. The number of aliphatic imine (C=N–C) groups is 1. The first-order chi connectivity index (χ1) is 12.8. The second-order valence-electron chi connectivity index (χ2n) is 8.06. The highest BCUT2D eigenvalue weighted by molar-refractivity contribution is 5.80. The lowest BCUT2D eigenvalue weighted by atomic mass is 9.85. The average molecular weight is 361 g/mol. The van der Waals surface area contributed by atoms with Crippen molar-refractivity contribution in [2.45, 2.75) is 76.6 Å². The minimum atomic E-state index is 0.345. The number of nitrogens with zero attached hydrogens (tertiary/aromatic N) is 4. The molecule has 1 aromatic heterocycles. The van der Waals surface area contributed by atoms with Crippen LogP contribution < -0.4 is 10.6 Å². The number of hydrogen-bond donors (Lipinski definition) is 2. The topological polar surface area (TPSA) is 76.4 Å². The van der Waals surface area contributed by atoms with Crippen LogP contribution in [-0.4, -0.2) is 47.0 Å². The van der Waals surface area contributed by atoms with Crippen molar-refractivity contribution >= 4 is 5.96 Å². The zero-order valence-corrected chi connectivity index (χ0v) is 16.1. The fourth-order valence-corrected chi connectivity index (χ4v) is 4.67. The van der Waals surface area contributed by atoms with Gasteiger partial charge in [0.25, 0.3) is 0 Å². The van der Waals surface area contributed by atoms with Gasteiger partial charge in [-0.1, -0.05) is 32.1 Å². The predicted octanol–water partition coefficient (Wildman–Crippen LogP) is 1.87. The van der Waals surface area contributed by atoms with Gasteiger partial charge in [-0.15, -0.1) is 0 Å². The van der Waals surface area contributed by atoms with Gasteiger partial charge in [-0.3, -0.25) is 4.99 Å². The Hall–Kier alpha value is -1.63. The fraction of sp³-hybridized carbons (Fsp3) is 0.842. The number of aromatic nitrogens is 3. The lowest BCUT2D eigenvalue weighted by molar-refractivity contribution is 0.177. The minimum absolute atomic E-state index is 0.345. The molecule has 3 aliphatic rings. The number of nitrogens with one attached hydrogen (secondary N) is 2. The van der Waals surface area contributed by atoms with Crippen LogP contribution in [0.2, 0.25) is 0 Å². The molecular weight excluding hydrogens is 328 g/mol. The maximum absolute atomic E-state index is 5.14. The molecule has 2 aliphatic carbocycles. The van der Waals surface area contributed by atoms with E-state index in [1.807, 2.05) is 11.7 Å². The first-order valence-electron chi connectivity index (χ1n) is 10.2. The Morgan fingerprint density at radius 2 is 2.08 bits per heavy atom. The van der Waals surface area contributed by atoms with Gasteiger partial charge in [-0.05, 0) is 24.7 Å². The first-order valence-corrected chi connectivity index (χ1v) is 10.2. The van der Waals surface area contributed by atoms with E-state index in [0.29, 0.717) is 18.7 Å². The van der Waals surface area contributed by atoms with E-state index in [4.69, 9.17) is 4.74 Å². The molecule has 2 heterocycles. The smallest absolute Gasteiger partial charge is 0.191 e. The summed E-state index contributed by atoms with van der Waals surface area (Å²) >= 11 is 0. The molecule has 26 heavy (non-hydrogen) atoms. The van der Waals surface area contributed by atoms with E-state index in [2.05, 4.69) is 25.7 Å². The van der Waals surface area contributed by atoms with E-state index in [1.165, 1.54) is 38.5 Å². The Kier molecular flexibility index (Phi) is 5.43. The molecule has 3 unspecified atom stereocenters. The highest BCUT2D eigenvalue weighted by Gasteiger charge is 2.43. The van der Waals surface area contributed by atoms with Crippen LogP contribution >= 0.6 is 0 Å². The zero-order chi connectivity index (χ0) is 17.9. The van der Waals surface area contributed by atoms with Crippen LogP contribution in [0, 0.1) is 11.8 Å². The molecule has 1 aromatic rings. The fourth-order valence-electron chi connectivity index (χ4n) is 4.67. The van der Waals surface area contributed by atoms with Gasteiger partial charge in [0.05, 0.1) is 6.54 Å². The van der Waals surface area contributed by atoms with E-state index < -0.39 is 0 Å². The Balaban J connectivity index is 1.27. The number of aryl methyl sites for hydroxylation is 1. The Morgan fingerprint density at radius 1 is 1.23 bits per heavy atom. The highest BCUT2D eigenvalue weighted by atomic mass is 16.5. The van der Waals surface area contributed by atoms with Crippen LogP contribution in [0.1, 0.15) is 56.6 Å². The Bertz CT molecular complexity index is 636. The molecule has 1 aliphatic heterocycles. The van der Waals surface area contributed by atoms with Gasteiger partial charge >= 0.3 is 0 Å². The summed E-state index contributed by atoms with van der Waals surface area (Å²) in [4.78, 5) is 9.01. The number of methoxy groups -OCH3 is 1. The summed E-state index contributed by atoms with van der Waals surface area (Å²) < 4.78 is 7.16. The molecule has 3 atom stereocenters. The molecule has 0 amide bonds. The van der Waals surface area contributed by atoms with Crippen molar-refractivity contribution in [3.63, 3.8) is 0 Å². The summed E-state index contributed by atoms with van der Waals surface area (Å²) in [6.07, 6.45) is 10.4. The standard InChI is InChI=1S/C19H32N6O/c1-20-19(22-16-10-15(16)13-6-4-3-5-7-13)21-14-8-9-18-23-17(12-26-2)24-25(18)11-14/h13-16H,3-12H2,1-2H3,(H2,20,21,22). The molecule has 0 bridgehead atoms. The van der Waals surface area contributed by atoms with Crippen molar-refractivity contribution in [3.05, 3.63) is 11.6 Å². The highest BCUT2D eigenvalue weighted by Crippen LogP contribution is 2.44. The van der Waals surface area contributed by atoms with E-state index in [1.54, 1.807) is 7.11 Å². The van der Waals surface area contributed by atoms with Gasteiger partial charge in [-0.25, -0.2) is 9.67 Å². The summed E-state index contributed by atoms with van der Waals surface area (Å²) in [7, 11) is 3.55. The molecule has 144 valence electrons. The maximum atomic E-state index is 5.14. The van der Waals surface area contributed by atoms with Crippen LogP contribution in [-0.2, 0) is 24.3 Å². The quantitative estimate of drug-likeness (QED) is 0.619. The monoisotopic (exact) mass is 360 g/mol. The lowest BCUT2D eigenvalue weighted by Crippen LogP contribution is -2.48. The number of fused-ring (bicyclic) bond motifs is 1. The molecule has 0 radical (unpaired) electrons. The first kappa shape index (κ1) is 17.8. The number of guanidine groups is 1. The molecule has 4 rings (SSSR count). The summed E-state index contributed by atoms with van der Waals surface area (Å²) in [6.45, 7) is 1.31. The molecule has 2 N–H and O–H groups in total. The lowest BCUT2D eigenvalue weighted by Gasteiger charge is -2.26. The SMILES string of the molecule is CN=C(NC1CCc2nc(COC)nn2C1)NC1CC1C1CCCCC1. The van der Waals surface area contributed by atoms with Gasteiger partial charge in [0.2, 0.25) is 0 Å². The second-order valence-corrected chi connectivity index (χ2v) is 8.06. The zero-order valence-electron chi connectivity index (χ0n) is 16.1. The van der Waals surface area contributed by atoms with Gasteiger partial charge in [-0.2, -0.15) is 5.10 Å². The van der Waals surface area contributed by atoms with Crippen molar-refractivity contribution < 1.29 is 4.74 Å². The molecule has 2 saturated carbocycles. The van der Waals surface area contributed by atoms with Crippen molar-refractivity contribution in [1.29, 1.82) is 0 Å². The van der Waals surface area contributed by atoms with Crippen LogP contribution in [0.4, 0.5) is 0 Å². The molecular formula is C19H32N6O. The number of hydrogen-bond acceptors (Lipinski definition) is 4. The normalized spacial score (nSPS) is 29.3. The largest absolute Gasteiger partial charge is 0.377 e. The van der Waals surface area contributed by atoms with Crippen molar-refractivity contribution in [1.82, 2.24) is 25.4 Å². The van der Waals surface area contributed by atoms with Crippen LogP contribution in [0.25, 0.3) is 0 Å². The summed E-state index contributed by atoms with van der Waals surface area (Å²) in [6, 6.07) is 0.959. The third kappa shape index (κ3) is 4.03. The third-order valence-electron chi connectivity index (χ3n) is 6.16. The summed E-state index contributed by atoms with van der Waals surface area (Å²) in [5.74, 6) is 4.58. The van der Waals surface area contributed by atoms with Crippen LogP contribution in [0.15, 0.2) is 4.99 Å².